The lowest BCUT2D eigenvalue weighted by molar-refractivity contribution is 0.384. The highest BCUT2D eigenvalue weighted by molar-refractivity contribution is 6.51. The molecule has 0 bridgehead atoms. The Morgan fingerprint density at radius 1 is 1.20 bits per heavy atom. The predicted molar refractivity (Wildman–Crippen MR) is 45.5 cm³/mol. The summed E-state index contributed by atoms with van der Waals surface area (Å²) in [7, 11) is 1.82. The van der Waals surface area contributed by atoms with Crippen LogP contribution in [0.3, 0.4) is 0 Å². The predicted octanol–water partition coefficient (Wildman–Crippen LogP) is 2.59. The van der Waals surface area contributed by atoms with E-state index >= 15 is 0 Å². The van der Waals surface area contributed by atoms with Gasteiger partial charge in [0.15, 0.2) is 0 Å². The van der Waals surface area contributed by atoms with Crippen LogP contribution in [-0.2, 0) is 4.65 Å². The Bertz CT molecular complexity index is 89.3. The molecule has 0 saturated heterocycles. The van der Waals surface area contributed by atoms with E-state index in [9.17, 15) is 0 Å². The molecule has 1 aliphatic carbocycles. The van der Waals surface area contributed by atoms with E-state index in [1.54, 1.807) is 0 Å². The molecule has 1 nitrogen and oxygen atoms in total. The van der Waals surface area contributed by atoms with Crippen molar-refractivity contribution >= 4 is 6.92 Å². The average Bonchev–Trinajstić information content (AvgIpc) is 2.05. The Labute approximate surface area is 64.3 Å². The van der Waals surface area contributed by atoms with Gasteiger partial charge in [0, 0.05) is 7.11 Å². The van der Waals surface area contributed by atoms with Crippen molar-refractivity contribution in [3.63, 3.8) is 0 Å². The van der Waals surface area contributed by atoms with E-state index in [1.165, 1.54) is 32.1 Å². The van der Waals surface area contributed by atoms with Gasteiger partial charge in [0.05, 0.1) is 0 Å². The summed E-state index contributed by atoms with van der Waals surface area (Å²) < 4.78 is 5.29. The first kappa shape index (κ1) is 8.12. The lowest BCUT2D eigenvalue weighted by Crippen LogP contribution is -2.21. The van der Waals surface area contributed by atoms with Crippen LogP contribution in [0.5, 0.6) is 0 Å². The van der Waals surface area contributed by atoms with Gasteiger partial charge in [-0.05, 0) is 5.82 Å². The van der Waals surface area contributed by atoms with Gasteiger partial charge in [-0.1, -0.05) is 38.9 Å². The van der Waals surface area contributed by atoms with E-state index in [0.717, 1.165) is 5.82 Å². The highest BCUT2D eigenvalue weighted by Gasteiger charge is 2.22. The Morgan fingerprint density at radius 3 is 2.30 bits per heavy atom. The molecule has 0 unspecified atom stereocenters. The molecule has 1 aliphatic rings. The van der Waals surface area contributed by atoms with Gasteiger partial charge in [-0.15, -0.1) is 0 Å². The fourth-order valence-electron chi connectivity index (χ4n) is 1.80. The van der Waals surface area contributed by atoms with Crippen LogP contribution < -0.4 is 0 Å². The monoisotopic (exact) mass is 140 g/mol. The molecule has 10 heavy (non-hydrogen) atoms. The van der Waals surface area contributed by atoms with Crippen molar-refractivity contribution in [2.75, 3.05) is 7.11 Å². The standard InChI is InChI=1S/C8H17BO/c1-9(10-2)8-6-4-3-5-7-8/h8H,3-7H2,1-2H3. The van der Waals surface area contributed by atoms with E-state index in [1.807, 2.05) is 7.11 Å². The largest absolute Gasteiger partial charge is 0.438 e. The number of rotatable bonds is 2. The maximum Gasteiger partial charge on any atom is 0.292 e. The van der Waals surface area contributed by atoms with Gasteiger partial charge in [0.2, 0.25) is 0 Å². The molecule has 58 valence electrons. The number of hydrogen-bond acceptors (Lipinski definition) is 1. The van der Waals surface area contributed by atoms with Gasteiger partial charge in [0.1, 0.15) is 0 Å². The second-order valence-electron chi connectivity index (χ2n) is 3.34. The molecule has 0 atom stereocenters. The van der Waals surface area contributed by atoms with Gasteiger partial charge in [-0.25, -0.2) is 0 Å². The van der Waals surface area contributed by atoms with E-state index in [2.05, 4.69) is 6.82 Å². The molecule has 0 radical (unpaired) electrons. The summed E-state index contributed by atoms with van der Waals surface area (Å²) in [6.07, 6.45) is 7.04. The van der Waals surface area contributed by atoms with Crippen molar-refractivity contribution in [2.45, 2.75) is 44.7 Å². The maximum atomic E-state index is 5.29. The Morgan fingerprint density at radius 2 is 1.80 bits per heavy atom. The molecule has 0 aromatic rings. The zero-order chi connectivity index (χ0) is 7.40. The molecular formula is C8H17BO. The Hall–Kier alpha value is 0.0249. The molecule has 2 heteroatoms. The summed E-state index contributed by atoms with van der Waals surface area (Å²) in [5.41, 5.74) is 0. The second-order valence-corrected chi connectivity index (χ2v) is 3.34. The first-order chi connectivity index (χ1) is 4.84. The van der Waals surface area contributed by atoms with Crippen LogP contribution in [0.4, 0.5) is 0 Å². The molecule has 0 aromatic carbocycles. The molecule has 1 saturated carbocycles. The van der Waals surface area contributed by atoms with Gasteiger partial charge >= 0.3 is 0 Å². The SMILES string of the molecule is COB(C)C1CCCCC1. The molecule has 0 amide bonds. The Balaban J connectivity index is 2.24. The van der Waals surface area contributed by atoms with Crippen molar-refractivity contribution in [1.29, 1.82) is 0 Å². The quantitative estimate of drug-likeness (QED) is 0.535. The van der Waals surface area contributed by atoms with Gasteiger partial charge < -0.3 is 4.65 Å². The third kappa shape index (κ3) is 2.01. The minimum atomic E-state index is 0.486. The minimum Gasteiger partial charge on any atom is -0.438 e. The first-order valence-corrected chi connectivity index (χ1v) is 4.37. The summed E-state index contributed by atoms with van der Waals surface area (Å²) in [6, 6.07) is 0. The third-order valence-corrected chi connectivity index (χ3v) is 2.69. The van der Waals surface area contributed by atoms with E-state index in [4.69, 9.17) is 4.65 Å². The highest BCUT2D eigenvalue weighted by Crippen LogP contribution is 2.30. The van der Waals surface area contributed by atoms with Gasteiger partial charge in [-0.2, -0.15) is 0 Å². The van der Waals surface area contributed by atoms with Crippen LogP contribution in [0, 0.1) is 0 Å². The third-order valence-electron chi connectivity index (χ3n) is 2.69. The summed E-state index contributed by atoms with van der Waals surface area (Å²) in [5.74, 6) is 0.846. The summed E-state index contributed by atoms with van der Waals surface area (Å²) in [4.78, 5) is 0. The van der Waals surface area contributed by atoms with Gasteiger partial charge in [-0.3, -0.25) is 0 Å². The second kappa shape index (κ2) is 4.02. The fourth-order valence-corrected chi connectivity index (χ4v) is 1.80. The average molecular weight is 140 g/mol. The van der Waals surface area contributed by atoms with Crippen molar-refractivity contribution in [2.24, 2.45) is 0 Å². The molecule has 0 spiro atoms. The van der Waals surface area contributed by atoms with Crippen LogP contribution in [0.1, 0.15) is 32.1 Å². The normalized spacial score (nSPS) is 21.0. The van der Waals surface area contributed by atoms with E-state index < -0.39 is 0 Å². The molecule has 1 rings (SSSR count). The smallest absolute Gasteiger partial charge is 0.292 e. The molecular weight excluding hydrogens is 123 g/mol. The summed E-state index contributed by atoms with van der Waals surface area (Å²) in [5, 5.41) is 0. The van der Waals surface area contributed by atoms with Crippen LogP contribution >= 0.6 is 0 Å². The summed E-state index contributed by atoms with van der Waals surface area (Å²) >= 11 is 0. The lowest BCUT2D eigenvalue weighted by atomic mass is 9.54. The highest BCUT2D eigenvalue weighted by atomic mass is 16.4. The molecule has 0 heterocycles. The van der Waals surface area contributed by atoms with Crippen LogP contribution in [0.25, 0.3) is 0 Å². The van der Waals surface area contributed by atoms with Crippen LogP contribution in [0.15, 0.2) is 0 Å². The van der Waals surface area contributed by atoms with Gasteiger partial charge in [0.25, 0.3) is 6.92 Å². The fraction of sp³-hybridized carbons (Fsp3) is 1.00. The Kier molecular flexibility index (Phi) is 3.27. The number of hydrogen-bond donors (Lipinski definition) is 0. The first-order valence-electron chi connectivity index (χ1n) is 4.37. The zero-order valence-corrected chi connectivity index (χ0v) is 7.10. The molecule has 0 aliphatic heterocycles. The van der Waals surface area contributed by atoms with Crippen LogP contribution in [-0.4, -0.2) is 14.0 Å². The van der Waals surface area contributed by atoms with Crippen LogP contribution in [0.2, 0.25) is 12.6 Å². The molecule has 0 N–H and O–H groups in total. The molecule has 0 aromatic heterocycles. The van der Waals surface area contributed by atoms with Crippen molar-refractivity contribution in [3.8, 4) is 0 Å². The minimum absolute atomic E-state index is 0.486. The summed E-state index contributed by atoms with van der Waals surface area (Å²) in [6.45, 7) is 2.68. The maximum absolute atomic E-state index is 5.29. The van der Waals surface area contributed by atoms with Crippen molar-refractivity contribution in [1.82, 2.24) is 0 Å². The van der Waals surface area contributed by atoms with Crippen molar-refractivity contribution in [3.05, 3.63) is 0 Å². The topological polar surface area (TPSA) is 9.23 Å². The lowest BCUT2D eigenvalue weighted by Gasteiger charge is -2.23. The van der Waals surface area contributed by atoms with E-state index in [-0.39, 0.29) is 0 Å². The van der Waals surface area contributed by atoms with Crippen molar-refractivity contribution < 1.29 is 4.65 Å². The van der Waals surface area contributed by atoms with E-state index in [0.29, 0.717) is 6.92 Å². The zero-order valence-electron chi connectivity index (χ0n) is 7.10. The molecule has 1 fully saturated rings.